The number of hydrogen-bond donors (Lipinski definition) is 2. The molecule has 1 fully saturated rings. The van der Waals surface area contributed by atoms with E-state index < -0.39 is 12.1 Å². The zero-order chi connectivity index (χ0) is 22.5. The Morgan fingerprint density at radius 3 is 2.78 bits per heavy atom. The van der Waals surface area contributed by atoms with Crippen molar-refractivity contribution in [1.29, 1.82) is 0 Å². The van der Waals surface area contributed by atoms with Crippen molar-refractivity contribution >= 4 is 23.9 Å². The van der Waals surface area contributed by atoms with Crippen LogP contribution >= 0.6 is 0 Å². The lowest BCUT2D eigenvalue weighted by molar-refractivity contribution is -0.192. The Morgan fingerprint density at radius 2 is 2.09 bits per heavy atom. The van der Waals surface area contributed by atoms with Gasteiger partial charge in [-0.15, -0.1) is 0 Å². The Bertz CT molecular complexity index is 1040. The molecule has 10 heteroatoms. The van der Waals surface area contributed by atoms with E-state index in [-0.39, 0.29) is 31.6 Å². The molecule has 0 unspecified atom stereocenters. The summed E-state index contributed by atoms with van der Waals surface area (Å²) in [5.41, 5.74) is 2.38. The summed E-state index contributed by atoms with van der Waals surface area (Å²) in [6.45, 7) is 1.37. The fraction of sp³-hybridized carbons (Fsp3) is 0.273. The molecule has 2 aromatic rings. The molecule has 1 aromatic carbocycles. The number of aliphatic imine (C=N–C) groups is 1. The van der Waals surface area contributed by atoms with E-state index in [0.29, 0.717) is 22.7 Å². The van der Waals surface area contributed by atoms with E-state index in [1.54, 1.807) is 49.5 Å². The minimum atomic E-state index is -0.637. The molecule has 2 atom stereocenters. The van der Waals surface area contributed by atoms with Crippen LogP contribution in [0.15, 0.2) is 65.2 Å². The minimum Gasteiger partial charge on any atom is -0.394 e. The maximum Gasteiger partial charge on any atom is 0.257 e. The molecule has 32 heavy (non-hydrogen) atoms. The van der Waals surface area contributed by atoms with Gasteiger partial charge in [-0.05, 0) is 36.8 Å². The Morgan fingerprint density at radius 1 is 1.28 bits per heavy atom. The third-order valence-electron chi connectivity index (χ3n) is 5.22. The molecule has 0 saturated carbocycles. The summed E-state index contributed by atoms with van der Waals surface area (Å²) in [6.07, 6.45) is 3.69. The molecule has 0 bridgehead atoms. The molecule has 2 N–H and O–H groups in total. The van der Waals surface area contributed by atoms with Crippen LogP contribution in [-0.2, 0) is 19.3 Å². The number of nitrogens with zero attached hydrogens (tertiary/aromatic N) is 3. The first kappa shape index (κ1) is 21.5. The Hall–Kier alpha value is -3.76. The predicted octanol–water partition coefficient (Wildman–Crippen LogP) is 1.82. The van der Waals surface area contributed by atoms with Crippen LogP contribution in [0.25, 0.3) is 0 Å². The molecule has 0 aliphatic carbocycles. The van der Waals surface area contributed by atoms with Gasteiger partial charge in [-0.2, -0.15) is 0 Å². The topological polar surface area (TPSA) is 123 Å². The summed E-state index contributed by atoms with van der Waals surface area (Å²) in [6, 6.07) is 9.78. The van der Waals surface area contributed by atoms with Gasteiger partial charge < -0.3 is 20.1 Å². The van der Waals surface area contributed by atoms with Gasteiger partial charge in [-0.25, -0.2) is 4.99 Å². The number of anilines is 1. The lowest BCUT2D eigenvalue weighted by Crippen LogP contribution is -2.53. The van der Waals surface area contributed by atoms with Crippen molar-refractivity contribution in [2.75, 3.05) is 25.1 Å². The summed E-state index contributed by atoms with van der Waals surface area (Å²) in [7, 11) is 0. The summed E-state index contributed by atoms with van der Waals surface area (Å²) in [5.74, 6) is -0.168. The molecule has 1 saturated heterocycles. The maximum absolute atomic E-state index is 12.5. The molecular formula is C22H22N4O6. The number of nitrogens with one attached hydrogen (secondary N) is 1. The number of rotatable bonds is 6. The first-order valence-corrected chi connectivity index (χ1v) is 9.95. The molecule has 4 rings (SSSR count). The molecule has 2 aliphatic rings. The number of pyridine rings is 1. The first-order chi connectivity index (χ1) is 15.6. The number of carbonyl (C=O) groups excluding carboxylic acids is 2. The van der Waals surface area contributed by atoms with Gasteiger partial charge in [0.25, 0.3) is 5.91 Å². The smallest absolute Gasteiger partial charge is 0.257 e. The van der Waals surface area contributed by atoms with Gasteiger partial charge in [0.1, 0.15) is 12.7 Å². The fourth-order valence-corrected chi connectivity index (χ4v) is 3.49. The van der Waals surface area contributed by atoms with Crippen molar-refractivity contribution < 1.29 is 29.2 Å². The van der Waals surface area contributed by atoms with Crippen molar-refractivity contribution in [3.05, 3.63) is 71.4 Å². The van der Waals surface area contributed by atoms with Crippen molar-refractivity contribution in [2.45, 2.75) is 19.1 Å². The van der Waals surface area contributed by atoms with E-state index in [4.69, 9.17) is 14.5 Å². The second-order valence-electron chi connectivity index (χ2n) is 7.24. The number of amides is 2. The van der Waals surface area contributed by atoms with Gasteiger partial charge in [-0.3, -0.25) is 24.3 Å². The average molecular weight is 438 g/mol. The monoisotopic (exact) mass is 438 g/mol. The number of aromatic nitrogens is 1. The quantitative estimate of drug-likeness (QED) is 0.660. The first-order valence-electron chi connectivity index (χ1n) is 9.95. The lowest BCUT2D eigenvalue weighted by atomic mass is 9.99. The number of aliphatic hydroxyl groups excluding tert-OH is 1. The molecule has 1 aromatic heterocycles. The molecule has 2 aliphatic heterocycles. The number of allylic oxidation sites excluding steroid dienone is 1. The van der Waals surface area contributed by atoms with E-state index >= 15 is 0 Å². The van der Waals surface area contributed by atoms with Crippen molar-refractivity contribution in [1.82, 2.24) is 9.88 Å². The van der Waals surface area contributed by atoms with Crippen LogP contribution in [0.2, 0.25) is 0 Å². The second-order valence-corrected chi connectivity index (χ2v) is 7.24. The number of hydrogen-bond acceptors (Lipinski definition) is 8. The van der Waals surface area contributed by atoms with E-state index in [9.17, 15) is 14.7 Å². The molecule has 2 amide bonds. The SMILES string of the molecule is CC1=C(CN2C(=O)CO[C@H](c3ccc(NC(=O)c4cccnc4)cc3)[C@H]2CO)OOC=N1. The minimum absolute atomic E-state index is 0.0896. The molecule has 10 nitrogen and oxygen atoms in total. The van der Waals surface area contributed by atoms with Crippen LogP contribution in [0.1, 0.15) is 28.9 Å². The summed E-state index contributed by atoms with van der Waals surface area (Å²) in [4.78, 5) is 44.2. The van der Waals surface area contributed by atoms with Gasteiger partial charge in [0, 0.05) is 18.1 Å². The van der Waals surface area contributed by atoms with Gasteiger partial charge >= 0.3 is 0 Å². The normalized spacial score (nSPS) is 20.6. The number of carbonyl (C=O) groups is 2. The lowest BCUT2D eigenvalue weighted by Gasteiger charge is -2.40. The third kappa shape index (κ3) is 4.61. The summed E-state index contributed by atoms with van der Waals surface area (Å²) in [5, 5.41) is 12.9. The predicted molar refractivity (Wildman–Crippen MR) is 113 cm³/mol. The van der Waals surface area contributed by atoms with E-state index in [0.717, 1.165) is 5.56 Å². The van der Waals surface area contributed by atoms with Crippen molar-refractivity contribution in [3.8, 4) is 0 Å². The number of aliphatic hydroxyl groups is 1. The highest BCUT2D eigenvalue weighted by molar-refractivity contribution is 6.04. The summed E-state index contributed by atoms with van der Waals surface area (Å²) < 4.78 is 5.75. The van der Waals surface area contributed by atoms with Crippen LogP contribution < -0.4 is 5.32 Å². The van der Waals surface area contributed by atoms with Gasteiger partial charge in [0.15, 0.2) is 5.76 Å². The van der Waals surface area contributed by atoms with E-state index in [1.807, 2.05) is 0 Å². The fourth-order valence-electron chi connectivity index (χ4n) is 3.49. The Balaban J connectivity index is 1.49. The summed E-state index contributed by atoms with van der Waals surface area (Å²) >= 11 is 0. The number of benzene rings is 1. The van der Waals surface area contributed by atoms with Crippen LogP contribution in [0.5, 0.6) is 0 Å². The molecule has 0 spiro atoms. The van der Waals surface area contributed by atoms with Gasteiger partial charge in [0.2, 0.25) is 12.3 Å². The van der Waals surface area contributed by atoms with Crippen LogP contribution in [0.3, 0.4) is 0 Å². The van der Waals surface area contributed by atoms with Crippen LogP contribution in [0.4, 0.5) is 5.69 Å². The Labute approximate surface area is 184 Å². The largest absolute Gasteiger partial charge is 0.394 e. The highest BCUT2D eigenvalue weighted by Crippen LogP contribution is 2.31. The zero-order valence-corrected chi connectivity index (χ0v) is 17.3. The molecule has 166 valence electrons. The number of ether oxygens (including phenoxy) is 1. The van der Waals surface area contributed by atoms with Crippen LogP contribution in [0, 0.1) is 0 Å². The van der Waals surface area contributed by atoms with Gasteiger partial charge in [-0.1, -0.05) is 12.1 Å². The van der Waals surface area contributed by atoms with E-state index in [1.165, 1.54) is 17.5 Å². The second kappa shape index (κ2) is 9.58. The molecule has 0 radical (unpaired) electrons. The van der Waals surface area contributed by atoms with Crippen LogP contribution in [-0.4, -0.2) is 59.0 Å². The highest BCUT2D eigenvalue weighted by atomic mass is 17.2. The Kier molecular flexibility index (Phi) is 6.43. The standard InChI is InChI=1S/C22H22N4O6/c1-14-19(32-31-13-24-14)10-26-18(11-27)21(30-12-20(26)28)15-4-6-17(7-5-15)25-22(29)16-3-2-8-23-9-16/h2-9,13,18,21,27H,10-12H2,1H3,(H,25,29)/t18-,21-/m1/s1. The molecule has 3 heterocycles. The zero-order valence-electron chi connectivity index (χ0n) is 17.3. The van der Waals surface area contributed by atoms with Crippen molar-refractivity contribution in [2.24, 2.45) is 4.99 Å². The van der Waals surface area contributed by atoms with E-state index in [2.05, 4.69) is 15.3 Å². The molecular weight excluding hydrogens is 416 g/mol. The average Bonchev–Trinajstić information content (AvgIpc) is 2.82. The third-order valence-corrected chi connectivity index (χ3v) is 5.22. The van der Waals surface area contributed by atoms with Gasteiger partial charge in [0.05, 0.1) is 30.5 Å². The maximum atomic E-state index is 12.5. The highest BCUT2D eigenvalue weighted by Gasteiger charge is 2.38. The number of morpholine rings is 1. The van der Waals surface area contributed by atoms with Crippen molar-refractivity contribution in [3.63, 3.8) is 0 Å².